The largest absolute Gasteiger partial charge is 0.507 e. The highest BCUT2D eigenvalue weighted by molar-refractivity contribution is 7.95. The van der Waals surface area contributed by atoms with Gasteiger partial charge in [-0.2, -0.15) is 5.26 Å². The van der Waals surface area contributed by atoms with Gasteiger partial charge in [0.25, 0.3) is 0 Å². The first kappa shape index (κ1) is 20.7. The first-order valence-corrected chi connectivity index (χ1v) is 10.1. The van der Waals surface area contributed by atoms with Crippen LogP contribution in [0.2, 0.25) is 0 Å². The molecule has 1 N–H and O–H groups in total. The van der Waals surface area contributed by atoms with E-state index < -0.39 is 20.6 Å². The molecule has 0 amide bonds. The molecule has 0 aliphatic carbocycles. The van der Waals surface area contributed by atoms with E-state index in [1.165, 1.54) is 6.08 Å². The number of aromatic hydroxyl groups is 1. The van der Waals surface area contributed by atoms with Gasteiger partial charge in [-0.25, -0.2) is 12.8 Å². The SMILES string of the molecule is CC(C)c1cc(/C=C(\C#N)S(=O)(=O)c2ccc(F)cc2)cc(C(C)C)c1O. The van der Waals surface area contributed by atoms with Crippen molar-refractivity contribution in [3.63, 3.8) is 0 Å². The summed E-state index contributed by atoms with van der Waals surface area (Å²) >= 11 is 0. The predicted octanol–water partition coefficient (Wildman–Crippen LogP) is 5.12. The second-order valence-corrected chi connectivity index (χ2v) is 8.85. The molecule has 2 aromatic carbocycles. The number of hydrogen-bond acceptors (Lipinski definition) is 4. The normalized spacial score (nSPS) is 12.4. The minimum Gasteiger partial charge on any atom is -0.507 e. The first-order valence-electron chi connectivity index (χ1n) is 8.57. The molecule has 0 aromatic heterocycles. The van der Waals surface area contributed by atoms with Gasteiger partial charge in [-0.3, -0.25) is 0 Å². The number of nitrogens with zero attached hydrogens (tertiary/aromatic N) is 1. The molecule has 142 valence electrons. The molecule has 0 atom stereocenters. The number of hydrogen-bond donors (Lipinski definition) is 1. The second-order valence-electron chi connectivity index (χ2n) is 6.94. The zero-order valence-electron chi connectivity index (χ0n) is 15.7. The minimum absolute atomic E-state index is 0.0232. The molecule has 27 heavy (non-hydrogen) atoms. The highest BCUT2D eigenvalue weighted by Crippen LogP contribution is 2.35. The van der Waals surface area contributed by atoms with Gasteiger partial charge in [-0.15, -0.1) is 0 Å². The van der Waals surface area contributed by atoms with Crippen molar-refractivity contribution in [2.75, 3.05) is 0 Å². The van der Waals surface area contributed by atoms with Gasteiger partial charge in [-0.1, -0.05) is 27.7 Å². The second kappa shape index (κ2) is 7.93. The molecule has 0 fully saturated rings. The molecule has 0 saturated heterocycles. The van der Waals surface area contributed by atoms with Gasteiger partial charge in [0.1, 0.15) is 22.5 Å². The highest BCUT2D eigenvalue weighted by atomic mass is 32.2. The average molecular weight is 387 g/mol. The summed E-state index contributed by atoms with van der Waals surface area (Å²) in [5.74, 6) is -0.319. The molecule has 2 rings (SSSR count). The summed E-state index contributed by atoms with van der Waals surface area (Å²) in [6.07, 6.45) is 1.29. The third-order valence-corrected chi connectivity index (χ3v) is 5.94. The van der Waals surface area contributed by atoms with Gasteiger partial charge < -0.3 is 5.11 Å². The fraction of sp³-hybridized carbons (Fsp3) is 0.286. The van der Waals surface area contributed by atoms with E-state index in [4.69, 9.17) is 0 Å². The van der Waals surface area contributed by atoms with Gasteiger partial charge in [0.05, 0.1) is 4.90 Å². The van der Waals surface area contributed by atoms with E-state index in [-0.39, 0.29) is 22.5 Å². The molecular weight excluding hydrogens is 365 g/mol. The molecule has 0 radical (unpaired) electrons. The number of sulfone groups is 1. The van der Waals surface area contributed by atoms with Gasteiger partial charge in [0.2, 0.25) is 9.84 Å². The molecule has 0 spiro atoms. The van der Waals surface area contributed by atoms with Crippen LogP contribution in [0, 0.1) is 17.1 Å². The molecule has 0 unspecified atom stereocenters. The lowest BCUT2D eigenvalue weighted by atomic mass is 9.91. The van der Waals surface area contributed by atoms with E-state index >= 15 is 0 Å². The number of nitriles is 1. The van der Waals surface area contributed by atoms with Crippen molar-refractivity contribution in [2.24, 2.45) is 0 Å². The van der Waals surface area contributed by atoms with E-state index in [9.17, 15) is 23.2 Å². The maximum Gasteiger partial charge on any atom is 0.216 e. The Morgan fingerprint density at radius 2 is 1.56 bits per heavy atom. The molecule has 0 heterocycles. The number of phenolic OH excluding ortho intramolecular Hbond substituents is 1. The van der Waals surface area contributed by atoms with Crippen LogP contribution in [0.5, 0.6) is 5.75 Å². The Morgan fingerprint density at radius 1 is 1.07 bits per heavy atom. The number of allylic oxidation sites excluding steroid dienone is 1. The van der Waals surface area contributed by atoms with Gasteiger partial charge in [-0.05, 0) is 71.0 Å². The highest BCUT2D eigenvalue weighted by Gasteiger charge is 2.22. The van der Waals surface area contributed by atoms with Crippen molar-refractivity contribution in [3.8, 4) is 11.8 Å². The third kappa shape index (κ3) is 4.37. The Labute approximate surface area is 159 Å². The summed E-state index contributed by atoms with van der Waals surface area (Å²) in [7, 11) is -4.07. The van der Waals surface area contributed by atoms with Crippen molar-refractivity contribution in [3.05, 3.63) is 63.8 Å². The van der Waals surface area contributed by atoms with Crippen molar-refractivity contribution in [1.82, 2.24) is 0 Å². The van der Waals surface area contributed by atoms with E-state index in [0.29, 0.717) is 16.7 Å². The monoisotopic (exact) mass is 387 g/mol. The third-order valence-electron chi connectivity index (χ3n) is 4.26. The van der Waals surface area contributed by atoms with Crippen LogP contribution in [0.3, 0.4) is 0 Å². The Bertz CT molecular complexity index is 985. The number of halogens is 1. The quantitative estimate of drug-likeness (QED) is 0.571. The summed E-state index contributed by atoms with van der Waals surface area (Å²) in [6, 6.07) is 9.44. The Morgan fingerprint density at radius 3 is 1.96 bits per heavy atom. The predicted molar refractivity (Wildman–Crippen MR) is 103 cm³/mol. The minimum atomic E-state index is -4.07. The zero-order chi connectivity index (χ0) is 20.4. The number of rotatable bonds is 5. The van der Waals surface area contributed by atoms with Crippen molar-refractivity contribution in [1.29, 1.82) is 5.26 Å². The standard InChI is InChI=1S/C21H22FNO3S/c1-13(2)19-10-15(11-20(14(3)4)21(19)24)9-18(12-23)27(25,26)17-7-5-16(22)6-8-17/h5-11,13-14,24H,1-4H3/b18-9+. The lowest BCUT2D eigenvalue weighted by Gasteiger charge is -2.16. The summed E-state index contributed by atoms with van der Waals surface area (Å²) < 4.78 is 38.5. The van der Waals surface area contributed by atoms with Crippen LogP contribution in [0.4, 0.5) is 4.39 Å². The maximum absolute atomic E-state index is 13.1. The summed E-state index contributed by atoms with van der Waals surface area (Å²) in [5.41, 5.74) is 1.88. The molecule has 2 aromatic rings. The first-order chi connectivity index (χ1) is 12.6. The summed E-state index contributed by atoms with van der Waals surface area (Å²) in [5, 5.41) is 19.9. The molecule has 4 nitrogen and oxygen atoms in total. The molecule has 0 aliphatic rings. The van der Waals surface area contributed by atoms with E-state index in [1.54, 1.807) is 18.2 Å². The lowest BCUT2D eigenvalue weighted by Crippen LogP contribution is -2.04. The molecule has 0 saturated carbocycles. The number of phenols is 1. The van der Waals surface area contributed by atoms with E-state index in [2.05, 4.69) is 0 Å². The van der Waals surface area contributed by atoms with Crippen LogP contribution in [-0.4, -0.2) is 13.5 Å². The number of benzene rings is 2. The fourth-order valence-electron chi connectivity index (χ4n) is 2.73. The van der Waals surface area contributed by atoms with Gasteiger partial charge >= 0.3 is 0 Å². The molecule has 0 aliphatic heterocycles. The van der Waals surface area contributed by atoms with E-state index in [1.807, 2.05) is 27.7 Å². The molecule has 0 bridgehead atoms. The molecule has 6 heteroatoms. The summed E-state index contributed by atoms with van der Waals surface area (Å²) in [4.78, 5) is -0.590. The molecular formula is C21H22FNO3S. The lowest BCUT2D eigenvalue weighted by molar-refractivity contribution is 0.454. The van der Waals surface area contributed by atoms with Crippen LogP contribution in [0.15, 0.2) is 46.2 Å². The summed E-state index contributed by atoms with van der Waals surface area (Å²) in [6.45, 7) is 7.69. The smallest absolute Gasteiger partial charge is 0.216 e. The Balaban J connectivity index is 2.64. The van der Waals surface area contributed by atoms with Crippen LogP contribution in [-0.2, 0) is 9.84 Å². The van der Waals surface area contributed by atoms with Crippen LogP contribution in [0.1, 0.15) is 56.2 Å². The van der Waals surface area contributed by atoms with E-state index in [0.717, 1.165) is 24.3 Å². The van der Waals surface area contributed by atoms with Gasteiger partial charge in [0.15, 0.2) is 0 Å². The zero-order valence-corrected chi connectivity index (χ0v) is 16.5. The average Bonchev–Trinajstić information content (AvgIpc) is 2.60. The maximum atomic E-state index is 13.1. The Kier molecular flexibility index (Phi) is 6.07. The van der Waals surface area contributed by atoms with Crippen molar-refractivity contribution >= 4 is 15.9 Å². The van der Waals surface area contributed by atoms with Crippen LogP contribution >= 0.6 is 0 Å². The van der Waals surface area contributed by atoms with Crippen molar-refractivity contribution < 1.29 is 17.9 Å². The van der Waals surface area contributed by atoms with Crippen LogP contribution < -0.4 is 0 Å². The van der Waals surface area contributed by atoms with Crippen molar-refractivity contribution in [2.45, 2.75) is 44.4 Å². The Hall–Kier alpha value is -2.65. The van der Waals surface area contributed by atoms with Gasteiger partial charge in [0, 0.05) is 0 Å². The van der Waals surface area contributed by atoms with Crippen LogP contribution in [0.25, 0.3) is 6.08 Å². The fourth-order valence-corrected chi connectivity index (χ4v) is 3.89. The topological polar surface area (TPSA) is 78.2 Å².